The molecule has 2 aromatic carbocycles. The van der Waals surface area contributed by atoms with Crippen LogP contribution in [-0.4, -0.2) is 34.4 Å². The van der Waals surface area contributed by atoms with Crippen LogP contribution in [-0.2, 0) is 13.0 Å². The summed E-state index contributed by atoms with van der Waals surface area (Å²) in [6, 6.07) is 14.6. The van der Waals surface area contributed by atoms with Gasteiger partial charge in [0.05, 0.1) is 11.0 Å². The Hall–Kier alpha value is -1.99. The summed E-state index contributed by atoms with van der Waals surface area (Å²) < 4.78 is 0. The van der Waals surface area contributed by atoms with Gasteiger partial charge in [0.2, 0.25) is 0 Å². The zero-order valence-corrected chi connectivity index (χ0v) is 14.2. The van der Waals surface area contributed by atoms with Crippen LogP contribution in [0.15, 0.2) is 42.5 Å². The fourth-order valence-corrected chi connectivity index (χ4v) is 3.03. The highest BCUT2D eigenvalue weighted by Gasteiger charge is 2.09. The Bertz CT molecular complexity index is 811. The molecular formula is C19H24BN2O3. The number of rotatable bonds is 6. The van der Waals surface area contributed by atoms with Crippen LogP contribution in [0, 0.1) is 0 Å². The highest BCUT2D eigenvalue weighted by atomic mass is 16.4. The van der Waals surface area contributed by atoms with Crippen LogP contribution in [0.25, 0.3) is 21.8 Å². The van der Waals surface area contributed by atoms with E-state index in [0.29, 0.717) is 6.54 Å². The van der Waals surface area contributed by atoms with Crippen molar-refractivity contribution in [3.8, 4) is 0 Å². The molecule has 3 aromatic rings. The summed E-state index contributed by atoms with van der Waals surface area (Å²) in [5.41, 5.74) is 10.5. The Labute approximate surface area is 148 Å². The zero-order valence-electron chi connectivity index (χ0n) is 14.2. The van der Waals surface area contributed by atoms with Gasteiger partial charge in [-0.2, -0.15) is 0 Å². The van der Waals surface area contributed by atoms with Crippen molar-refractivity contribution in [1.29, 1.82) is 0 Å². The van der Waals surface area contributed by atoms with Crippen LogP contribution in [0.3, 0.4) is 0 Å². The number of aliphatic hydroxyl groups excluding tert-OH is 1. The summed E-state index contributed by atoms with van der Waals surface area (Å²) in [5.74, 6) is 0. The lowest BCUT2D eigenvalue weighted by Gasteiger charge is -2.12. The van der Waals surface area contributed by atoms with Crippen LogP contribution < -0.4 is 5.73 Å². The number of aryl methyl sites for hydroxylation is 1. The van der Waals surface area contributed by atoms with Crippen molar-refractivity contribution in [3.63, 3.8) is 0 Å². The summed E-state index contributed by atoms with van der Waals surface area (Å²) in [4.78, 5) is 4.78. The van der Waals surface area contributed by atoms with E-state index in [0.717, 1.165) is 36.7 Å². The Morgan fingerprint density at radius 1 is 0.960 bits per heavy atom. The van der Waals surface area contributed by atoms with Gasteiger partial charge in [0.25, 0.3) is 0 Å². The molecule has 0 saturated heterocycles. The molecule has 0 bridgehead atoms. The number of nitrogens with two attached hydrogens (primary N) is 1. The van der Waals surface area contributed by atoms with Crippen molar-refractivity contribution in [2.75, 3.05) is 6.61 Å². The van der Waals surface area contributed by atoms with Gasteiger partial charge in [0.1, 0.15) is 0 Å². The van der Waals surface area contributed by atoms with Gasteiger partial charge in [-0.15, -0.1) is 0 Å². The van der Waals surface area contributed by atoms with E-state index in [2.05, 4.69) is 24.3 Å². The van der Waals surface area contributed by atoms with E-state index in [-0.39, 0.29) is 14.3 Å². The SMILES string of the molecule is NCc1ccc2nc3ccccc3cc2c1CCCCCO.O[B]O. The summed E-state index contributed by atoms with van der Waals surface area (Å²) in [6.07, 6.45) is 3.96. The summed E-state index contributed by atoms with van der Waals surface area (Å²) in [7, 11) is 0. The number of para-hydroxylation sites is 1. The summed E-state index contributed by atoms with van der Waals surface area (Å²) in [5, 5.41) is 25.3. The van der Waals surface area contributed by atoms with E-state index in [1.54, 1.807) is 0 Å². The van der Waals surface area contributed by atoms with E-state index in [9.17, 15) is 0 Å². The molecule has 5 N–H and O–H groups in total. The normalized spacial score (nSPS) is 10.6. The minimum Gasteiger partial charge on any atom is -0.429 e. The van der Waals surface area contributed by atoms with Gasteiger partial charge in [-0.05, 0) is 48.6 Å². The standard InChI is InChI=1S/C19H22N2O.BH2O2/c20-13-15-9-10-19-17(16(15)7-2-1-5-11-22)12-14-6-3-4-8-18(14)21-19;2-1-3/h3-4,6,8-10,12,22H,1-2,5,7,11,13,20H2;2-3H. The third-order valence-electron chi connectivity index (χ3n) is 4.21. The molecule has 1 aromatic heterocycles. The molecular weight excluding hydrogens is 315 g/mol. The number of unbranched alkanes of at least 4 members (excludes halogenated alkanes) is 2. The number of hydrogen-bond acceptors (Lipinski definition) is 5. The molecule has 1 radical (unpaired) electrons. The fourth-order valence-electron chi connectivity index (χ4n) is 3.03. The minimum atomic E-state index is 0. The first-order chi connectivity index (χ1) is 12.2. The van der Waals surface area contributed by atoms with Gasteiger partial charge >= 0.3 is 7.69 Å². The molecule has 0 atom stereocenters. The third kappa shape index (κ3) is 5.00. The molecule has 0 fully saturated rings. The molecule has 25 heavy (non-hydrogen) atoms. The molecule has 0 aliphatic carbocycles. The second kappa shape index (κ2) is 10.1. The van der Waals surface area contributed by atoms with E-state index in [1.165, 1.54) is 21.9 Å². The van der Waals surface area contributed by atoms with Crippen LogP contribution >= 0.6 is 0 Å². The first-order valence-corrected chi connectivity index (χ1v) is 8.46. The Morgan fingerprint density at radius 2 is 1.72 bits per heavy atom. The summed E-state index contributed by atoms with van der Waals surface area (Å²) >= 11 is 0. The number of pyridine rings is 1. The van der Waals surface area contributed by atoms with Gasteiger partial charge in [0.15, 0.2) is 0 Å². The summed E-state index contributed by atoms with van der Waals surface area (Å²) in [6.45, 7) is 0.823. The van der Waals surface area contributed by atoms with Gasteiger partial charge in [0, 0.05) is 23.9 Å². The van der Waals surface area contributed by atoms with Crippen molar-refractivity contribution in [1.82, 2.24) is 4.98 Å². The van der Waals surface area contributed by atoms with E-state index < -0.39 is 0 Å². The Balaban J connectivity index is 0.000000701. The fraction of sp³-hybridized carbons (Fsp3) is 0.316. The topological polar surface area (TPSA) is 99.6 Å². The quantitative estimate of drug-likeness (QED) is 0.313. The lowest BCUT2D eigenvalue weighted by Crippen LogP contribution is -2.03. The molecule has 3 rings (SSSR count). The second-order valence-corrected chi connectivity index (χ2v) is 5.80. The van der Waals surface area contributed by atoms with Gasteiger partial charge < -0.3 is 20.9 Å². The van der Waals surface area contributed by atoms with Crippen LogP contribution in [0.4, 0.5) is 0 Å². The van der Waals surface area contributed by atoms with Crippen LogP contribution in [0.2, 0.25) is 0 Å². The van der Waals surface area contributed by atoms with E-state index >= 15 is 0 Å². The number of fused-ring (bicyclic) bond motifs is 2. The number of nitrogens with zero attached hydrogens (tertiary/aromatic N) is 1. The highest BCUT2D eigenvalue weighted by molar-refractivity contribution is 6.13. The Morgan fingerprint density at radius 3 is 2.44 bits per heavy atom. The first kappa shape index (κ1) is 19.3. The predicted molar refractivity (Wildman–Crippen MR) is 102 cm³/mol. The number of aromatic nitrogens is 1. The zero-order chi connectivity index (χ0) is 18.1. The highest BCUT2D eigenvalue weighted by Crippen LogP contribution is 2.26. The molecule has 0 amide bonds. The smallest absolute Gasteiger partial charge is 0.429 e. The van der Waals surface area contributed by atoms with Gasteiger partial charge in [-0.3, -0.25) is 0 Å². The molecule has 0 spiro atoms. The van der Waals surface area contributed by atoms with Gasteiger partial charge in [-0.1, -0.05) is 30.7 Å². The molecule has 0 aliphatic heterocycles. The van der Waals surface area contributed by atoms with E-state index in [4.69, 9.17) is 25.9 Å². The maximum absolute atomic E-state index is 8.92. The molecule has 6 heteroatoms. The van der Waals surface area contributed by atoms with Crippen LogP contribution in [0.1, 0.15) is 30.4 Å². The maximum Gasteiger partial charge on any atom is 0.482 e. The minimum absolute atomic E-state index is 0. The maximum atomic E-state index is 8.92. The molecule has 0 unspecified atom stereocenters. The molecule has 5 nitrogen and oxygen atoms in total. The molecule has 1 heterocycles. The van der Waals surface area contributed by atoms with E-state index in [1.807, 2.05) is 18.2 Å². The van der Waals surface area contributed by atoms with Crippen LogP contribution in [0.5, 0.6) is 0 Å². The van der Waals surface area contributed by atoms with Crippen molar-refractivity contribution in [3.05, 3.63) is 53.6 Å². The van der Waals surface area contributed by atoms with Crippen molar-refractivity contribution < 1.29 is 15.2 Å². The van der Waals surface area contributed by atoms with Gasteiger partial charge in [-0.25, -0.2) is 4.98 Å². The average Bonchev–Trinajstić information content (AvgIpc) is 2.64. The number of benzene rings is 2. The molecule has 0 saturated carbocycles. The number of hydrogen-bond donors (Lipinski definition) is 4. The monoisotopic (exact) mass is 339 g/mol. The Kier molecular flexibility index (Phi) is 7.82. The van der Waals surface area contributed by atoms with Crippen molar-refractivity contribution >= 4 is 29.5 Å². The van der Waals surface area contributed by atoms with Crippen molar-refractivity contribution in [2.45, 2.75) is 32.2 Å². The third-order valence-corrected chi connectivity index (χ3v) is 4.21. The molecule has 131 valence electrons. The number of aliphatic hydroxyl groups is 1. The largest absolute Gasteiger partial charge is 0.482 e. The molecule has 0 aliphatic rings. The lowest BCUT2D eigenvalue weighted by atomic mass is 9.95. The van der Waals surface area contributed by atoms with Crippen molar-refractivity contribution in [2.24, 2.45) is 5.73 Å². The second-order valence-electron chi connectivity index (χ2n) is 5.80. The average molecular weight is 339 g/mol. The predicted octanol–water partition coefficient (Wildman–Crippen LogP) is 2.06. The first-order valence-electron chi connectivity index (χ1n) is 8.46. The lowest BCUT2D eigenvalue weighted by molar-refractivity contribution is 0.283.